The molecule has 0 spiro atoms. The van der Waals surface area contributed by atoms with Crippen molar-refractivity contribution >= 4 is 0 Å². The first-order valence-corrected chi connectivity index (χ1v) is 1.00. The van der Waals surface area contributed by atoms with Gasteiger partial charge in [0, 0.05) is 0 Å². The highest BCUT2D eigenvalue weighted by Crippen LogP contribution is 1.14. The van der Waals surface area contributed by atoms with Gasteiger partial charge in [-0.15, -0.1) is 0 Å². The minimum absolute atomic E-state index is 0. The molecule has 3 N–H and O–H groups in total. The van der Waals surface area contributed by atoms with Crippen molar-refractivity contribution in [3.8, 4) is 0 Å². The van der Waals surface area contributed by atoms with Gasteiger partial charge in [-0.1, -0.05) is 21.3 Å². The first-order valence-electron chi connectivity index (χ1n) is 1.00. The van der Waals surface area contributed by atoms with Gasteiger partial charge in [0.25, 0.3) is 0 Å². The monoisotopic (exact) mass is 63.1 g/mol. The summed E-state index contributed by atoms with van der Waals surface area (Å²) in [5.41, 5.74) is 0. The summed E-state index contributed by atoms with van der Waals surface area (Å²) in [6.07, 6.45) is 0. The minimum Gasteiger partial charge on any atom is -0.344 e. The van der Waals surface area contributed by atoms with Crippen LogP contribution < -0.4 is 6.15 Å². The van der Waals surface area contributed by atoms with Gasteiger partial charge in [-0.25, -0.2) is 0 Å². The molecule has 0 fully saturated rings. The molecule has 0 saturated heterocycles. The lowest BCUT2D eigenvalue weighted by atomic mass is 11.0. The summed E-state index contributed by atoms with van der Waals surface area (Å²) in [6.45, 7) is 4.00. The van der Waals surface area contributed by atoms with E-state index in [1.807, 2.05) is 13.8 Å². The van der Waals surface area contributed by atoms with Gasteiger partial charge in [-0.2, -0.15) is 0 Å². The molecule has 30 valence electrons. The standard InChI is InChI=1S/C2H6.CH4.H3N/c1-2;;/h1-2H3;1H4;1H3. The van der Waals surface area contributed by atoms with Gasteiger partial charge in [0.05, 0.1) is 0 Å². The molecule has 0 aliphatic rings. The highest BCUT2D eigenvalue weighted by Gasteiger charge is 0.932. The third-order valence-electron chi connectivity index (χ3n) is 0. The maximum Gasteiger partial charge on any atom is -0.0683 e. The zero-order valence-electron chi connectivity index (χ0n) is 2.71. The van der Waals surface area contributed by atoms with Crippen LogP contribution in [0.2, 0.25) is 0 Å². The molecule has 1 heteroatoms. The van der Waals surface area contributed by atoms with Crippen molar-refractivity contribution in [3.05, 3.63) is 0 Å². The van der Waals surface area contributed by atoms with Crippen molar-refractivity contribution in [2.24, 2.45) is 0 Å². The maximum absolute atomic E-state index is 2.00. The second-order valence-corrected chi connectivity index (χ2v) is 0. The highest BCUT2D eigenvalue weighted by atomic mass is 14.0. The summed E-state index contributed by atoms with van der Waals surface area (Å²) in [5, 5.41) is 0. The van der Waals surface area contributed by atoms with Crippen LogP contribution in [0.4, 0.5) is 0 Å². The van der Waals surface area contributed by atoms with Crippen molar-refractivity contribution in [2.45, 2.75) is 21.3 Å². The first kappa shape index (κ1) is 37.6. The molecular weight excluding hydrogens is 50.0 g/mol. The predicted octanol–water partition coefficient (Wildman–Crippen LogP) is 1.82. The summed E-state index contributed by atoms with van der Waals surface area (Å²) in [6, 6.07) is 0. The Morgan fingerprint density at radius 1 is 1.00 bits per heavy atom. The van der Waals surface area contributed by atoms with E-state index in [4.69, 9.17) is 0 Å². The third kappa shape index (κ3) is 1130. The van der Waals surface area contributed by atoms with E-state index in [1.54, 1.807) is 0 Å². The Morgan fingerprint density at radius 3 is 1.00 bits per heavy atom. The third-order valence-corrected chi connectivity index (χ3v) is 0. The quantitative estimate of drug-likeness (QED) is 0.457. The van der Waals surface area contributed by atoms with Gasteiger partial charge >= 0.3 is 0 Å². The first-order chi connectivity index (χ1) is 1.00. The van der Waals surface area contributed by atoms with Crippen LogP contribution in [0, 0.1) is 0 Å². The highest BCUT2D eigenvalue weighted by molar-refractivity contribution is 3.50. The lowest BCUT2D eigenvalue weighted by Crippen LogP contribution is -0.856. The molecule has 0 heterocycles. The van der Waals surface area contributed by atoms with E-state index < -0.39 is 0 Å². The molecular formula is C3H13N. The van der Waals surface area contributed by atoms with Gasteiger partial charge < -0.3 is 6.15 Å². The Bertz CT molecular complexity index is 3.25. The van der Waals surface area contributed by atoms with Crippen LogP contribution in [0.5, 0.6) is 0 Å². The fourth-order valence-corrected chi connectivity index (χ4v) is 0. The summed E-state index contributed by atoms with van der Waals surface area (Å²) >= 11 is 0. The molecule has 0 aromatic carbocycles. The van der Waals surface area contributed by atoms with E-state index in [1.165, 1.54) is 0 Å². The Balaban J connectivity index is -0.00000000500. The number of hydrogen-bond acceptors (Lipinski definition) is 1. The largest absolute Gasteiger partial charge is 0.344 e. The molecule has 0 bridgehead atoms. The normalized spacial score (nSPS) is 1.50. The molecule has 1 nitrogen and oxygen atoms in total. The molecule has 0 amide bonds. The fourth-order valence-electron chi connectivity index (χ4n) is 0. The molecule has 0 aliphatic heterocycles. The summed E-state index contributed by atoms with van der Waals surface area (Å²) in [5.74, 6) is 0. The Hall–Kier alpha value is -0.0400. The van der Waals surface area contributed by atoms with E-state index in [2.05, 4.69) is 0 Å². The van der Waals surface area contributed by atoms with E-state index in [-0.39, 0.29) is 13.6 Å². The molecule has 0 atom stereocenters. The van der Waals surface area contributed by atoms with Crippen molar-refractivity contribution in [3.63, 3.8) is 0 Å². The van der Waals surface area contributed by atoms with Crippen LogP contribution in [0.1, 0.15) is 21.3 Å². The zero-order chi connectivity index (χ0) is 2.00. The van der Waals surface area contributed by atoms with E-state index in [0.29, 0.717) is 0 Å². The van der Waals surface area contributed by atoms with E-state index >= 15 is 0 Å². The SMILES string of the molecule is C.CC.N. The predicted molar refractivity (Wildman–Crippen MR) is 23.1 cm³/mol. The smallest absolute Gasteiger partial charge is 0.0683 e. The molecule has 0 unspecified atom stereocenters. The Kier molecular flexibility index (Phi) is 66900. The van der Waals surface area contributed by atoms with Crippen molar-refractivity contribution in [1.29, 1.82) is 0 Å². The van der Waals surface area contributed by atoms with Crippen LogP contribution in [0.3, 0.4) is 0 Å². The average molecular weight is 63.1 g/mol. The molecule has 0 aromatic rings. The minimum atomic E-state index is 0. The van der Waals surface area contributed by atoms with Crippen molar-refractivity contribution in [2.75, 3.05) is 0 Å². The van der Waals surface area contributed by atoms with Gasteiger partial charge in [0.2, 0.25) is 0 Å². The van der Waals surface area contributed by atoms with Gasteiger partial charge in [-0.05, 0) is 0 Å². The Morgan fingerprint density at radius 2 is 1.00 bits per heavy atom. The summed E-state index contributed by atoms with van der Waals surface area (Å²) in [7, 11) is 0. The van der Waals surface area contributed by atoms with E-state index in [9.17, 15) is 0 Å². The molecule has 4 heavy (non-hydrogen) atoms. The zero-order valence-corrected chi connectivity index (χ0v) is 2.71. The second kappa shape index (κ2) is 7110. The van der Waals surface area contributed by atoms with Crippen LogP contribution in [-0.4, -0.2) is 0 Å². The topological polar surface area (TPSA) is 35.0 Å². The second-order valence-electron chi connectivity index (χ2n) is 0. The maximum atomic E-state index is 2.00. The fraction of sp³-hybridized carbons (Fsp3) is 1.00. The number of hydrogen-bond donors (Lipinski definition) is 1. The Labute approximate surface area is 28.6 Å². The molecule has 0 radical (unpaired) electrons. The lowest BCUT2D eigenvalue weighted by molar-refractivity contribution is 1.50. The van der Waals surface area contributed by atoms with Crippen LogP contribution in [0.25, 0.3) is 0 Å². The van der Waals surface area contributed by atoms with Gasteiger partial charge in [-0.3, -0.25) is 0 Å². The van der Waals surface area contributed by atoms with Crippen LogP contribution >= 0.6 is 0 Å². The molecule has 0 rings (SSSR count). The summed E-state index contributed by atoms with van der Waals surface area (Å²) in [4.78, 5) is 0. The van der Waals surface area contributed by atoms with Crippen molar-refractivity contribution in [1.82, 2.24) is 6.15 Å². The van der Waals surface area contributed by atoms with Crippen LogP contribution in [-0.2, 0) is 0 Å². The molecule has 0 aromatic heterocycles. The average Bonchev–Trinajstić information content (AvgIpc) is 1.00. The summed E-state index contributed by atoms with van der Waals surface area (Å²) < 4.78 is 0. The lowest BCUT2D eigenvalue weighted by Gasteiger charge is -1.07. The number of rotatable bonds is 0. The van der Waals surface area contributed by atoms with Gasteiger partial charge in [0.1, 0.15) is 0 Å². The molecule has 0 aliphatic carbocycles. The van der Waals surface area contributed by atoms with Crippen molar-refractivity contribution < 1.29 is 0 Å². The van der Waals surface area contributed by atoms with Crippen LogP contribution in [0.15, 0.2) is 0 Å². The van der Waals surface area contributed by atoms with E-state index in [0.717, 1.165) is 0 Å². The molecule has 0 saturated carbocycles. The van der Waals surface area contributed by atoms with Gasteiger partial charge in [0.15, 0.2) is 0 Å².